The summed E-state index contributed by atoms with van der Waals surface area (Å²) in [7, 11) is 0. The fraction of sp³-hybridized carbons (Fsp3) is 0.500. The Hall–Kier alpha value is -3.93. The van der Waals surface area contributed by atoms with Gasteiger partial charge in [-0.25, -0.2) is 0 Å². The first-order chi connectivity index (χ1) is 17.9. The van der Waals surface area contributed by atoms with E-state index in [4.69, 9.17) is 28.4 Å². The van der Waals surface area contributed by atoms with Gasteiger partial charge in [0.1, 0.15) is 12.7 Å². The maximum atomic E-state index is 12.0. The Kier molecular flexibility index (Phi) is 9.45. The van der Waals surface area contributed by atoms with Gasteiger partial charge < -0.3 is 28.4 Å². The molecule has 0 spiro atoms. The fourth-order valence-electron chi connectivity index (χ4n) is 4.04. The predicted octanol–water partition coefficient (Wildman–Crippen LogP) is 2.08. The van der Waals surface area contributed by atoms with E-state index in [2.05, 4.69) is 10.2 Å². The third kappa shape index (κ3) is 7.54. The van der Waals surface area contributed by atoms with Gasteiger partial charge >= 0.3 is 23.9 Å². The summed E-state index contributed by atoms with van der Waals surface area (Å²) in [6, 6.07) is 7.95. The van der Waals surface area contributed by atoms with E-state index in [1.807, 2.05) is 38.1 Å². The minimum absolute atomic E-state index is 0.170. The molecule has 2 heterocycles. The van der Waals surface area contributed by atoms with Gasteiger partial charge in [-0.1, -0.05) is 29.8 Å². The van der Waals surface area contributed by atoms with E-state index >= 15 is 0 Å². The van der Waals surface area contributed by atoms with Gasteiger partial charge in [0.15, 0.2) is 12.2 Å². The molecule has 1 fully saturated rings. The van der Waals surface area contributed by atoms with Crippen molar-refractivity contribution < 1.29 is 47.6 Å². The van der Waals surface area contributed by atoms with Gasteiger partial charge in [-0.2, -0.15) is 0 Å². The van der Waals surface area contributed by atoms with Gasteiger partial charge in [-0.05, 0) is 19.4 Å². The third-order valence-electron chi connectivity index (χ3n) is 5.71. The first-order valence-electron chi connectivity index (χ1n) is 12.0. The van der Waals surface area contributed by atoms with Crippen molar-refractivity contribution in [1.82, 2.24) is 10.2 Å². The number of nitrogens with zero attached hydrogens (tertiary/aromatic N) is 1. The number of hydrogen-bond acceptors (Lipinski definition) is 11. The highest BCUT2D eigenvalue weighted by atomic mass is 16.7. The first kappa shape index (κ1) is 28.6. The molecular formula is C26H32N2O10. The summed E-state index contributed by atoms with van der Waals surface area (Å²) in [5, 5.41) is 7.12. The summed E-state index contributed by atoms with van der Waals surface area (Å²) >= 11 is 0. The molecule has 1 N–H and O–H groups in total. The average molecular weight is 533 g/mol. The number of aromatic nitrogens is 2. The van der Waals surface area contributed by atoms with Crippen molar-refractivity contribution in [2.45, 2.75) is 78.7 Å². The van der Waals surface area contributed by atoms with Crippen molar-refractivity contribution in [1.29, 1.82) is 0 Å². The lowest BCUT2D eigenvalue weighted by Crippen LogP contribution is -2.63. The molecule has 0 aliphatic carbocycles. The number of benzene rings is 1. The zero-order chi connectivity index (χ0) is 28.0. The number of aromatic amines is 1. The number of rotatable bonds is 9. The molecule has 0 saturated carbocycles. The van der Waals surface area contributed by atoms with Crippen molar-refractivity contribution in [3.8, 4) is 5.88 Å². The molecule has 1 aromatic carbocycles. The molecule has 1 aliphatic rings. The lowest BCUT2D eigenvalue weighted by Gasteiger charge is -2.43. The van der Waals surface area contributed by atoms with Crippen molar-refractivity contribution in [3.05, 3.63) is 46.6 Å². The van der Waals surface area contributed by atoms with Crippen LogP contribution in [-0.2, 0) is 49.3 Å². The summed E-state index contributed by atoms with van der Waals surface area (Å²) in [5.41, 5.74) is 3.59. The average Bonchev–Trinajstić information content (AvgIpc) is 3.16. The van der Waals surface area contributed by atoms with Gasteiger partial charge in [-0.15, -0.1) is 5.10 Å². The maximum Gasteiger partial charge on any atom is 0.303 e. The minimum Gasteiger partial charge on any atom is -0.463 e. The summed E-state index contributed by atoms with van der Waals surface area (Å²) in [4.78, 5) is 47.4. The van der Waals surface area contributed by atoms with Crippen LogP contribution < -0.4 is 4.74 Å². The van der Waals surface area contributed by atoms with E-state index in [1.165, 1.54) is 6.92 Å². The van der Waals surface area contributed by atoms with Crippen LogP contribution in [0.4, 0.5) is 0 Å². The number of H-pyrrole nitrogens is 1. The number of nitrogens with one attached hydrogen (secondary N) is 1. The van der Waals surface area contributed by atoms with E-state index in [9.17, 15) is 19.2 Å². The standard InChI is InChI=1S/C26H32N2O10/c1-13-7-9-19(10-8-13)11-20-14(2)27-28-25(20)38-26-24(36-18(6)32)23(35-17(5)31)22(34-16(4)30)21(37-26)12-33-15(3)29/h7-10,21-24,26H,11-12H2,1-6H3,(H,27,28)/t21-,22-,23+,24-,26?/m1/s1. The monoisotopic (exact) mass is 532 g/mol. The Morgan fingerprint density at radius 2 is 1.42 bits per heavy atom. The molecule has 1 saturated heterocycles. The summed E-state index contributed by atoms with van der Waals surface area (Å²) in [6.07, 6.45) is -5.96. The third-order valence-corrected chi connectivity index (χ3v) is 5.71. The molecule has 2 aromatic rings. The highest BCUT2D eigenvalue weighted by Crippen LogP contribution is 2.32. The van der Waals surface area contributed by atoms with Crippen molar-refractivity contribution in [2.75, 3.05) is 6.61 Å². The number of ether oxygens (including phenoxy) is 6. The topological polar surface area (TPSA) is 152 Å². The number of aryl methyl sites for hydroxylation is 2. The lowest BCUT2D eigenvalue weighted by atomic mass is 9.98. The summed E-state index contributed by atoms with van der Waals surface area (Å²) in [6.45, 7) is 8.14. The van der Waals surface area contributed by atoms with Gasteiger partial charge in [0.05, 0.1) is 0 Å². The largest absolute Gasteiger partial charge is 0.463 e. The Bertz CT molecular complexity index is 1160. The number of esters is 4. The van der Waals surface area contributed by atoms with Crippen LogP contribution in [0.25, 0.3) is 0 Å². The lowest BCUT2D eigenvalue weighted by molar-refractivity contribution is -0.289. The highest BCUT2D eigenvalue weighted by molar-refractivity contribution is 5.68. The molecule has 1 aromatic heterocycles. The fourth-order valence-corrected chi connectivity index (χ4v) is 4.04. The Labute approximate surface area is 219 Å². The molecule has 3 rings (SSSR count). The van der Waals surface area contributed by atoms with E-state index < -0.39 is 54.6 Å². The van der Waals surface area contributed by atoms with Gasteiger partial charge in [0, 0.05) is 45.4 Å². The normalized spacial score (nSPS) is 22.7. The smallest absolute Gasteiger partial charge is 0.303 e. The van der Waals surface area contributed by atoms with Crippen LogP contribution in [0.1, 0.15) is 50.1 Å². The van der Waals surface area contributed by atoms with Crippen molar-refractivity contribution >= 4 is 23.9 Å². The van der Waals surface area contributed by atoms with Crippen molar-refractivity contribution in [2.24, 2.45) is 0 Å². The number of hydrogen-bond donors (Lipinski definition) is 1. The van der Waals surface area contributed by atoms with Crippen LogP contribution >= 0.6 is 0 Å². The van der Waals surface area contributed by atoms with Gasteiger partial charge in [0.25, 0.3) is 0 Å². The second-order valence-electron chi connectivity index (χ2n) is 8.98. The molecule has 1 unspecified atom stereocenters. The van der Waals surface area contributed by atoms with E-state index in [0.717, 1.165) is 43.2 Å². The molecule has 206 valence electrons. The van der Waals surface area contributed by atoms with E-state index in [1.54, 1.807) is 0 Å². The van der Waals surface area contributed by atoms with Crippen molar-refractivity contribution in [3.63, 3.8) is 0 Å². The summed E-state index contributed by atoms with van der Waals surface area (Å²) in [5.74, 6) is -2.60. The summed E-state index contributed by atoms with van der Waals surface area (Å²) < 4.78 is 33.5. The molecular weight excluding hydrogens is 500 g/mol. The second-order valence-corrected chi connectivity index (χ2v) is 8.98. The first-order valence-corrected chi connectivity index (χ1v) is 12.0. The van der Waals surface area contributed by atoms with Gasteiger partial charge in [-0.3, -0.25) is 24.3 Å². The molecule has 0 bridgehead atoms. The van der Waals surface area contributed by atoms with Crippen LogP contribution in [0, 0.1) is 13.8 Å². The van der Waals surface area contributed by atoms with Gasteiger partial charge in [0.2, 0.25) is 18.3 Å². The highest BCUT2D eigenvalue weighted by Gasteiger charge is 2.53. The maximum absolute atomic E-state index is 12.0. The predicted molar refractivity (Wildman–Crippen MR) is 130 cm³/mol. The zero-order valence-corrected chi connectivity index (χ0v) is 22.1. The van der Waals surface area contributed by atoms with Crippen LogP contribution in [0.15, 0.2) is 24.3 Å². The molecule has 0 radical (unpaired) electrons. The Morgan fingerprint density at radius 3 is 2.00 bits per heavy atom. The van der Waals surface area contributed by atoms with Crippen LogP contribution in [-0.4, -0.2) is 71.4 Å². The SMILES string of the molecule is CC(=O)OC[C@H]1OC(Oc2n[nH]c(C)c2Cc2ccc(C)cc2)[C@H](OC(C)=O)[C@@H](OC(C)=O)[C@@H]1OC(C)=O. The molecule has 38 heavy (non-hydrogen) atoms. The van der Waals surface area contributed by atoms with E-state index in [-0.39, 0.29) is 12.5 Å². The van der Waals surface area contributed by atoms with Crippen LogP contribution in [0.5, 0.6) is 5.88 Å². The van der Waals surface area contributed by atoms with Crippen LogP contribution in [0.3, 0.4) is 0 Å². The Balaban J connectivity index is 1.98. The Morgan fingerprint density at radius 1 is 0.842 bits per heavy atom. The molecule has 0 amide bonds. The zero-order valence-electron chi connectivity index (χ0n) is 22.1. The second kappa shape index (κ2) is 12.5. The molecule has 1 aliphatic heterocycles. The van der Waals surface area contributed by atoms with E-state index in [0.29, 0.717) is 6.42 Å². The molecule has 12 nitrogen and oxygen atoms in total. The quantitative estimate of drug-likeness (QED) is 0.373. The van der Waals surface area contributed by atoms with Crippen LogP contribution in [0.2, 0.25) is 0 Å². The minimum atomic E-state index is -1.37. The molecule has 12 heteroatoms. The number of carbonyl (C=O) groups excluding carboxylic acids is 4. The molecule has 5 atom stereocenters. The number of carbonyl (C=O) groups is 4.